The third kappa shape index (κ3) is 5.33. The summed E-state index contributed by atoms with van der Waals surface area (Å²) >= 11 is 6.03. The molecule has 12 nitrogen and oxygen atoms in total. The molecular weight excluding hydrogens is 492 g/mol. The summed E-state index contributed by atoms with van der Waals surface area (Å²) in [7, 11) is 0. The quantitative estimate of drug-likeness (QED) is 0.201. The Kier molecular flexibility index (Phi) is 7.25. The van der Waals surface area contributed by atoms with Gasteiger partial charge in [-0.1, -0.05) is 29.8 Å². The lowest BCUT2D eigenvalue weighted by Crippen LogP contribution is -2.19. The van der Waals surface area contributed by atoms with Crippen LogP contribution in [-0.4, -0.2) is 43.0 Å². The van der Waals surface area contributed by atoms with Crippen molar-refractivity contribution in [3.05, 3.63) is 93.4 Å². The van der Waals surface area contributed by atoms with Crippen LogP contribution in [0.4, 0.5) is 11.5 Å². The summed E-state index contributed by atoms with van der Waals surface area (Å²) in [6, 6.07) is 14.2. The summed E-state index contributed by atoms with van der Waals surface area (Å²) in [5.74, 6) is -0.873. The predicted octanol–water partition coefficient (Wildman–Crippen LogP) is 4.10. The molecule has 2 aromatic heterocycles. The lowest BCUT2D eigenvalue weighted by Gasteiger charge is -2.10. The van der Waals surface area contributed by atoms with Crippen LogP contribution in [0.2, 0.25) is 5.02 Å². The minimum absolute atomic E-state index is 0.0454. The van der Waals surface area contributed by atoms with E-state index in [4.69, 9.17) is 21.1 Å². The summed E-state index contributed by atoms with van der Waals surface area (Å²) in [4.78, 5) is 35.7. The number of para-hydroxylation sites is 1. The second-order valence-electron chi connectivity index (χ2n) is 7.21. The molecule has 0 fully saturated rings. The minimum atomic E-state index is -0.631. The van der Waals surface area contributed by atoms with Crippen LogP contribution in [0.5, 0.6) is 5.75 Å². The third-order valence-electron chi connectivity index (χ3n) is 4.85. The van der Waals surface area contributed by atoms with Gasteiger partial charge in [0.15, 0.2) is 18.2 Å². The largest absolute Gasteiger partial charge is 0.470 e. The van der Waals surface area contributed by atoms with Crippen LogP contribution in [0.15, 0.2) is 67.0 Å². The summed E-state index contributed by atoms with van der Waals surface area (Å²) < 4.78 is 13.4. The van der Waals surface area contributed by atoms with Crippen LogP contribution in [0.25, 0.3) is 5.69 Å². The van der Waals surface area contributed by atoms with Gasteiger partial charge in [0.25, 0.3) is 11.6 Å². The number of non-ortho nitro benzene ring substituents is 1. The number of rotatable bonds is 9. The molecule has 4 rings (SSSR count). The number of halogens is 1. The van der Waals surface area contributed by atoms with Gasteiger partial charge in [0.05, 0.1) is 28.4 Å². The van der Waals surface area contributed by atoms with Gasteiger partial charge < -0.3 is 14.8 Å². The average molecular weight is 511 g/mol. The van der Waals surface area contributed by atoms with Crippen LogP contribution in [-0.2, 0) is 11.5 Å². The maximum absolute atomic E-state index is 13.0. The summed E-state index contributed by atoms with van der Waals surface area (Å²) in [6.07, 6.45) is 2.83. The van der Waals surface area contributed by atoms with E-state index in [1.165, 1.54) is 46.0 Å². The number of nitro groups is 1. The molecule has 2 heterocycles. The molecule has 0 aliphatic rings. The highest BCUT2D eigenvalue weighted by Crippen LogP contribution is 2.29. The molecule has 0 radical (unpaired) electrons. The van der Waals surface area contributed by atoms with E-state index in [2.05, 4.69) is 15.5 Å². The number of benzene rings is 2. The highest BCUT2D eigenvalue weighted by Gasteiger charge is 2.23. The molecule has 184 valence electrons. The molecule has 0 saturated heterocycles. The molecule has 0 spiro atoms. The number of hydrogen-bond donors (Lipinski definition) is 1. The standard InChI is InChI=1S/C23H19ClN6O6/c1-2-35-23(32)17-13-25-29(15-6-4-3-5-7-15)21(17)26-22(31)19-10-11-28(27-19)14-36-20-9-8-16(30(33)34)12-18(20)24/h3-13H,2,14H2,1H3,(H,26,31). The Hall–Kier alpha value is -4.71. The summed E-state index contributed by atoms with van der Waals surface area (Å²) in [5.41, 5.74) is 0.596. The summed E-state index contributed by atoms with van der Waals surface area (Å²) in [6.45, 7) is 1.73. The number of carbonyl (C=O) groups excluding carboxylic acids is 2. The molecule has 0 atom stereocenters. The number of esters is 1. The van der Waals surface area contributed by atoms with Crippen LogP contribution < -0.4 is 10.1 Å². The van der Waals surface area contributed by atoms with E-state index in [9.17, 15) is 19.7 Å². The molecule has 1 N–H and O–H groups in total. The molecule has 1 amide bonds. The van der Waals surface area contributed by atoms with Gasteiger partial charge in [0, 0.05) is 18.3 Å². The number of amides is 1. The second kappa shape index (κ2) is 10.7. The molecule has 4 aromatic rings. The van der Waals surface area contributed by atoms with Crippen LogP contribution in [0.1, 0.15) is 27.8 Å². The molecule has 13 heteroatoms. The van der Waals surface area contributed by atoms with E-state index in [1.54, 1.807) is 31.2 Å². The lowest BCUT2D eigenvalue weighted by atomic mass is 10.3. The van der Waals surface area contributed by atoms with Gasteiger partial charge in [-0.3, -0.25) is 14.9 Å². The molecule has 0 aliphatic carbocycles. The van der Waals surface area contributed by atoms with Gasteiger partial charge >= 0.3 is 5.97 Å². The van der Waals surface area contributed by atoms with Gasteiger partial charge in [-0.2, -0.15) is 10.2 Å². The van der Waals surface area contributed by atoms with Crippen LogP contribution in [0, 0.1) is 10.1 Å². The fourth-order valence-electron chi connectivity index (χ4n) is 3.17. The second-order valence-corrected chi connectivity index (χ2v) is 7.62. The Morgan fingerprint density at radius 1 is 1.17 bits per heavy atom. The number of nitrogens with zero attached hydrogens (tertiary/aromatic N) is 5. The normalized spacial score (nSPS) is 10.6. The van der Waals surface area contributed by atoms with Crippen LogP contribution in [0.3, 0.4) is 0 Å². The Balaban J connectivity index is 1.51. The average Bonchev–Trinajstić information content (AvgIpc) is 3.51. The van der Waals surface area contributed by atoms with Gasteiger partial charge in [0.2, 0.25) is 0 Å². The SMILES string of the molecule is CCOC(=O)c1cnn(-c2ccccc2)c1NC(=O)c1ccn(COc2ccc([N+](=O)[O-])cc2Cl)n1. The first-order valence-corrected chi connectivity index (χ1v) is 11.0. The maximum Gasteiger partial charge on any atom is 0.343 e. The fraction of sp³-hybridized carbons (Fsp3) is 0.130. The lowest BCUT2D eigenvalue weighted by molar-refractivity contribution is -0.384. The van der Waals surface area contributed by atoms with Crippen molar-refractivity contribution in [1.82, 2.24) is 19.6 Å². The van der Waals surface area contributed by atoms with E-state index in [0.29, 0.717) is 5.69 Å². The zero-order valence-corrected chi connectivity index (χ0v) is 19.6. The van der Waals surface area contributed by atoms with Crippen molar-refractivity contribution >= 4 is 35.0 Å². The van der Waals surface area contributed by atoms with E-state index in [-0.39, 0.29) is 46.9 Å². The zero-order valence-electron chi connectivity index (χ0n) is 18.8. The molecule has 0 unspecified atom stereocenters. The number of hydrogen-bond acceptors (Lipinski definition) is 8. The molecule has 0 saturated carbocycles. The van der Waals surface area contributed by atoms with E-state index >= 15 is 0 Å². The molecular formula is C23H19ClN6O6. The van der Waals surface area contributed by atoms with E-state index in [1.807, 2.05) is 6.07 Å². The van der Waals surface area contributed by atoms with Crippen molar-refractivity contribution in [2.45, 2.75) is 13.7 Å². The van der Waals surface area contributed by atoms with Crippen molar-refractivity contribution in [2.75, 3.05) is 11.9 Å². The topological polar surface area (TPSA) is 143 Å². The van der Waals surface area contributed by atoms with Crippen molar-refractivity contribution in [3.63, 3.8) is 0 Å². The summed E-state index contributed by atoms with van der Waals surface area (Å²) in [5, 5.41) is 22.0. The molecule has 0 bridgehead atoms. The van der Waals surface area contributed by atoms with Crippen molar-refractivity contribution in [3.8, 4) is 11.4 Å². The Labute approximate surface area is 209 Å². The highest BCUT2D eigenvalue weighted by molar-refractivity contribution is 6.32. The number of carbonyl (C=O) groups is 2. The Morgan fingerprint density at radius 3 is 2.64 bits per heavy atom. The number of ether oxygens (including phenoxy) is 2. The predicted molar refractivity (Wildman–Crippen MR) is 128 cm³/mol. The van der Waals surface area contributed by atoms with Gasteiger partial charge in [0.1, 0.15) is 11.3 Å². The number of aromatic nitrogens is 4. The smallest absolute Gasteiger partial charge is 0.343 e. The number of anilines is 1. The highest BCUT2D eigenvalue weighted by atomic mass is 35.5. The molecule has 2 aromatic carbocycles. The molecule has 0 aliphatic heterocycles. The zero-order chi connectivity index (χ0) is 25.7. The third-order valence-corrected chi connectivity index (χ3v) is 5.14. The Bertz CT molecular complexity index is 1420. The number of nitro benzene ring substituents is 1. The van der Waals surface area contributed by atoms with Crippen molar-refractivity contribution < 1.29 is 24.0 Å². The first kappa shape index (κ1) is 24.4. The van der Waals surface area contributed by atoms with Gasteiger partial charge in [-0.05, 0) is 31.2 Å². The fourth-order valence-corrected chi connectivity index (χ4v) is 3.40. The first-order valence-electron chi connectivity index (χ1n) is 10.6. The van der Waals surface area contributed by atoms with E-state index in [0.717, 1.165) is 0 Å². The van der Waals surface area contributed by atoms with Gasteiger partial charge in [-0.25, -0.2) is 14.2 Å². The van der Waals surface area contributed by atoms with Crippen molar-refractivity contribution in [2.24, 2.45) is 0 Å². The monoisotopic (exact) mass is 510 g/mol. The Morgan fingerprint density at radius 2 is 1.94 bits per heavy atom. The minimum Gasteiger partial charge on any atom is -0.470 e. The van der Waals surface area contributed by atoms with Gasteiger partial charge in [-0.15, -0.1) is 0 Å². The number of nitrogens with one attached hydrogen (secondary N) is 1. The van der Waals surface area contributed by atoms with Crippen molar-refractivity contribution in [1.29, 1.82) is 0 Å². The molecule has 36 heavy (non-hydrogen) atoms. The first-order chi connectivity index (χ1) is 17.4. The van der Waals surface area contributed by atoms with Crippen LogP contribution >= 0.6 is 11.6 Å². The maximum atomic E-state index is 13.0. The van der Waals surface area contributed by atoms with E-state index < -0.39 is 16.8 Å².